The second-order valence-electron chi connectivity index (χ2n) is 3.72. The Bertz CT molecular complexity index is 638. The van der Waals surface area contributed by atoms with Crippen molar-refractivity contribution in [3.05, 3.63) is 52.0 Å². The van der Waals surface area contributed by atoms with E-state index in [1.165, 1.54) is 17.0 Å². The van der Waals surface area contributed by atoms with Crippen LogP contribution in [-0.2, 0) is 7.05 Å². The number of hydrogen-bond acceptors (Lipinski definition) is 3. The Morgan fingerprint density at radius 3 is 2.89 bits per heavy atom. The van der Waals surface area contributed by atoms with Gasteiger partial charge in [-0.3, -0.25) is 9.48 Å². The average molecular weight is 325 g/mol. The maximum Gasteiger partial charge on any atom is 0.293 e. The third kappa shape index (κ3) is 3.25. The number of benzene rings is 1. The van der Waals surface area contributed by atoms with E-state index in [9.17, 15) is 9.18 Å². The van der Waals surface area contributed by atoms with Crippen molar-refractivity contribution in [3.63, 3.8) is 0 Å². The van der Waals surface area contributed by atoms with Crippen LogP contribution in [0.4, 0.5) is 4.39 Å². The Kier molecular flexibility index (Phi) is 4.06. The van der Waals surface area contributed by atoms with Gasteiger partial charge in [0.25, 0.3) is 5.91 Å². The van der Waals surface area contributed by atoms with Gasteiger partial charge in [0.1, 0.15) is 5.82 Å². The first kappa shape index (κ1) is 13.4. The average Bonchev–Trinajstić information content (AvgIpc) is 2.71. The molecule has 0 aliphatic rings. The van der Waals surface area contributed by atoms with Crippen LogP contribution in [0.1, 0.15) is 16.1 Å². The zero-order valence-electron chi connectivity index (χ0n) is 9.97. The Hall–Kier alpha value is -2.02. The van der Waals surface area contributed by atoms with Gasteiger partial charge in [0, 0.05) is 18.8 Å². The molecule has 0 bridgehead atoms. The number of aryl methyl sites for hydroxylation is 1. The molecule has 0 saturated carbocycles. The molecule has 0 unspecified atom stereocenters. The van der Waals surface area contributed by atoms with Crippen LogP contribution in [0.15, 0.2) is 40.0 Å². The van der Waals surface area contributed by atoms with E-state index in [1.807, 2.05) is 0 Å². The van der Waals surface area contributed by atoms with Crippen molar-refractivity contribution >= 4 is 28.1 Å². The number of carbonyl (C=O) groups is 1. The van der Waals surface area contributed by atoms with E-state index in [0.717, 1.165) is 0 Å². The van der Waals surface area contributed by atoms with E-state index >= 15 is 0 Å². The zero-order chi connectivity index (χ0) is 13.8. The summed E-state index contributed by atoms with van der Waals surface area (Å²) >= 11 is 3.21. The Morgan fingerprint density at radius 2 is 2.26 bits per heavy atom. The largest absolute Gasteiger partial charge is 0.293 e. The Labute approximate surface area is 117 Å². The first-order chi connectivity index (χ1) is 9.08. The van der Waals surface area contributed by atoms with Crippen LogP contribution in [0.5, 0.6) is 0 Å². The fourth-order valence-electron chi connectivity index (χ4n) is 1.41. The molecule has 0 aliphatic carbocycles. The van der Waals surface area contributed by atoms with Crippen LogP contribution >= 0.6 is 15.9 Å². The van der Waals surface area contributed by atoms with Gasteiger partial charge < -0.3 is 0 Å². The highest BCUT2D eigenvalue weighted by molar-refractivity contribution is 9.10. The summed E-state index contributed by atoms with van der Waals surface area (Å²) in [5.41, 5.74) is 2.80. The number of nitrogens with zero attached hydrogens (tertiary/aromatic N) is 3. The van der Waals surface area contributed by atoms with Gasteiger partial charge >= 0.3 is 0 Å². The van der Waals surface area contributed by atoms with Crippen LogP contribution in [0, 0.1) is 5.82 Å². The normalized spacial score (nSPS) is 10.9. The van der Waals surface area contributed by atoms with Gasteiger partial charge in [-0.15, -0.1) is 0 Å². The summed E-state index contributed by atoms with van der Waals surface area (Å²) in [5.74, 6) is -0.875. The van der Waals surface area contributed by atoms with Gasteiger partial charge in [0.05, 0.1) is 10.7 Å². The molecule has 1 heterocycles. The lowest BCUT2D eigenvalue weighted by Gasteiger charge is -1.97. The maximum absolute atomic E-state index is 13.3. The lowest BCUT2D eigenvalue weighted by atomic mass is 10.2. The van der Waals surface area contributed by atoms with Gasteiger partial charge in [-0.2, -0.15) is 10.2 Å². The summed E-state index contributed by atoms with van der Waals surface area (Å²) in [6.07, 6.45) is 2.89. The van der Waals surface area contributed by atoms with E-state index in [1.54, 1.807) is 31.4 Å². The van der Waals surface area contributed by atoms with Gasteiger partial charge in [-0.1, -0.05) is 18.2 Å². The number of halogens is 2. The number of nitrogens with one attached hydrogen (secondary N) is 1. The molecule has 0 fully saturated rings. The van der Waals surface area contributed by atoms with Crippen molar-refractivity contribution in [1.82, 2.24) is 15.2 Å². The lowest BCUT2D eigenvalue weighted by Crippen LogP contribution is -2.19. The standard InChI is InChI=1S/C12H10BrFN4O/c1-18-7-9(13)11(17-18)12(19)16-15-6-8-4-2-3-5-10(8)14/h2-7H,1H3,(H,16,19)/b15-6-. The number of amides is 1. The Morgan fingerprint density at radius 1 is 1.53 bits per heavy atom. The van der Waals surface area contributed by atoms with Gasteiger partial charge in [0.2, 0.25) is 0 Å². The summed E-state index contributed by atoms with van der Waals surface area (Å²) < 4.78 is 15.3. The van der Waals surface area contributed by atoms with Crippen molar-refractivity contribution in [2.45, 2.75) is 0 Å². The third-order valence-corrected chi connectivity index (χ3v) is 2.85. The molecule has 2 rings (SSSR count). The molecule has 1 aromatic heterocycles. The summed E-state index contributed by atoms with van der Waals surface area (Å²) in [4.78, 5) is 11.7. The van der Waals surface area contributed by atoms with Gasteiger partial charge in [-0.05, 0) is 22.0 Å². The molecular weight excluding hydrogens is 315 g/mol. The molecule has 0 aliphatic heterocycles. The number of aromatic nitrogens is 2. The molecular formula is C12H10BrFN4O. The van der Waals surface area contributed by atoms with Crippen molar-refractivity contribution in [2.75, 3.05) is 0 Å². The molecule has 0 atom stereocenters. The summed E-state index contributed by atoms with van der Waals surface area (Å²) in [6, 6.07) is 6.14. The molecule has 0 saturated heterocycles. The fourth-order valence-corrected chi connectivity index (χ4v) is 1.96. The highest BCUT2D eigenvalue weighted by atomic mass is 79.9. The van der Waals surface area contributed by atoms with Crippen molar-refractivity contribution in [1.29, 1.82) is 0 Å². The number of hydrazone groups is 1. The molecule has 5 nitrogen and oxygen atoms in total. The van der Waals surface area contributed by atoms with E-state index in [4.69, 9.17) is 0 Å². The van der Waals surface area contributed by atoms with E-state index < -0.39 is 11.7 Å². The SMILES string of the molecule is Cn1cc(Br)c(C(=O)N/N=C\c2ccccc2F)n1. The minimum absolute atomic E-state index is 0.216. The van der Waals surface area contributed by atoms with E-state index in [2.05, 4.69) is 31.6 Å². The molecule has 19 heavy (non-hydrogen) atoms. The van der Waals surface area contributed by atoms with Gasteiger partial charge in [0.15, 0.2) is 5.69 Å². The van der Waals surface area contributed by atoms with Gasteiger partial charge in [-0.25, -0.2) is 9.82 Å². The van der Waals surface area contributed by atoms with E-state index in [-0.39, 0.29) is 5.69 Å². The topological polar surface area (TPSA) is 59.3 Å². The molecule has 1 N–H and O–H groups in total. The molecule has 2 aromatic rings. The fraction of sp³-hybridized carbons (Fsp3) is 0.0833. The minimum Gasteiger partial charge on any atom is -0.274 e. The predicted octanol–water partition coefficient (Wildman–Crippen LogP) is 2.09. The highest BCUT2D eigenvalue weighted by Gasteiger charge is 2.13. The second kappa shape index (κ2) is 5.75. The first-order valence-electron chi connectivity index (χ1n) is 5.35. The number of hydrogen-bond donors (Lipinski definition) is 1. The number of carbonyl (C=O) groups excluding carboxylic acids is 1. The Balaban J connectivity index is 2.05. The summed E-state index contributed by atoms with van der Waals surface area (Å²) in [7, 11) is 1.70. The molecule has 0 spiro atoms. The third-order valence-electron chi connectivity index (χ3n) is 2.27. The monoisotopic (exact) mass is 324 g/mol. The van der Waals surface area contributed by atoms with Crippen molar-refractivity contribution in [2.24, 2.45) is 12.1 Å². The quantitative estimate of drug-likeness (QED) is 0.694. The van der Waals surface area contributed by atoms with Crippen molar-refractivity contribution in [3.8, 4) is 0 Å². The van der Waals surface area contributed by atoms with Crippen LogP contribution in [0.3, 0.4) is 0 Å². The lowest BCUT2D eigenvalue weighted by molar-refractivity contribution is 0.0948. The molecule has 0 radical (unpaired) electrons. The smallest absolute Gasteiger partial charge is 0.274 e. The minimum atomic E-state index is -0.472. The number of rotatable bonds is 3. The summed E-state index contributed by atoms with van der Waals surface area (Å²) in [6.45, 7) is 0. The second-order valence-corrected chi connectivity index (χ2v) is 4.57. The molecule has 98 valence electrons. The highest BCUT2D eigenvalue weighted by Crippen LogP contribution is 2.13. The van der Waals surface area contributed by atoms with Crippen molar-refractivity contribution < 1.29 is 9.18 Å². The van der Waals surface area contributed by atoms with Crippen LogP contribution in [-0.4, -0.2) is 21.9 Å². The predicted molar refractivity (Wildman–Crippen MR) is 72.4 cm³/mol. The van der Waals surface area contributed by atoms with Crippen LogP contribution < -0.4 is 5.43 Å². The zero-order valence-corrected chi connectivity index (χ0v) is 11.6. The molecule has 7 heteroatoms. The molecule has 1 aromatic carbocycles. The maximum atomic E-state index is 13.3. The molecule has 1 amide bonds. The van der Waals surface area contributed by atoms with Crippen LogP contribution in [0.25, 0.3) is 0 Å². The van der Waals surface area contributed by atoms with Crippen LogP contribution in [0.2, 0.25) is 0 Å². The van der Waals surface area contributed by atoms with E-state index in [0.29, 0.717) is 10.0 Å². The first-order valence-corrected chi connectivity index (χ1v) is 6.14. The summed E-state index contributed by atoms with van der Waals surface area (Å²) in [5, 5.41) is 7.66.